The highest BCUT2D eigenvalue weighted by Crippen LogP contribution is 2.37. The Kier molecular flexibility index (Phi) is 8.95. The van der Waals surface area contributed by atoms with Crippen molar-refractivity contribution in [3.05, 3.63) is 72.2 Å². The summed E-state index contributed by atoms with van der Waals surface area (Å²) >= 11 is 0. The van der Waals surface area contributed by atoms with Gasteiger partial charge < -0.3 is 20.3 Å². The number of carbonyl (C=O) groups is 2. The van der Waals surface area contributed by atoms with Crippen LogP contribution in [0.25, 0.3) is 11.4 Å². The maximum atomic E-state index is 12.9. The SMILES string of the molecule is [B]C([B])([B])NC(=O)c1nnc(NC(=O)N(C)CCc2ccccc2)cc1Nc1cccc(-c2ncn(C)n2)c1OC. The molecule has 41 heavy (non-hydrogen) atoms. The third kappa shape index (κ3) is 7.65. The summed E-state index contributed by atoms with van der Waals surface area (Å²) in [5, 5.41) is 18.4. The van der Waals surface area contributed by atoms with Crippen LogP contribution in [0, 0.1) is 0 Å². The molecule has 12 nitrogen and oxygen atoms in total. The van der Waals surface area contributed by atoms with Crippen molar-refractivity contribution in [1.82, 2.24) is 35.2 Å². The van der Waals surface area contributed by atoms with E-state index in [-0.39, 0.29) is 17.2 Å². The Balaban J connectivity index is 1.62. The van der Waals surface area contributed by atoms with Gasteiger partial charge in [0.15, 0.2) is 23.1 Å². The van der Waals surface area contributed by atoms with Crippen LogP contribution in [0.15, 0.2) is 60.9 Å². The average Bonchev–Trinajstić information content (AvgIpc) is 3.37. The molecule has 15 heteroatoms. The fraction of sp³-hybridized carbons (Fsp3) is 0.231. The van der Waals surface area contributed by atoms with Crippen molar-refractivity contribution in [2.75, 3.05) is 31.3 Å². The lowest BCUT2D eigenvalue weighted by atomic mass is 9.49. The molecule has 0 aliphatic heterocycles. The summed E-state index contributed by atoms with van der Waals surface area (Å²) in [6.45, 7) is 0.464. The molecule has 0 aliphatic carbocycles. The number of hydrogen-bond acceptors (Lipinski definition) is 8. The highest BCUT2D eigenvalue weighted by Gasteiger charge is 2.23. The number of likely N-dealkylation sites (N-methyl/N-ethyl adjacent to an activating group) is 1. The number of anilines is 3. The molecule has 0 atom stereocenters. The molecule has 0 spiro atoms. The Hall–Kier alpha value is -4.81. The molecule has 3 N–H and O–H groups in total. The van der Waals surface area contributed by atoms with Gasteiger partial charge in [-0.3, -0.25) is 14.8 Å². The first kappa shape index (κ1) is 29.2. The van der Waals surface area contributed by atoms with Gasteiger partial charge in [-0.05, 0) is 24.1 Å². The number of aromatic nitrogens is 5. The first-order valence-corrected chi connectivity index (χ1v) is 12.5. The van der Waals surface area contributed by atoms with Gasteiger partial charge in [0.05, 0.1) is 47.6 Å². The van der Waals surface area contributed by atoms with E-state index in [0.29, 0.717) is 35.8 Å². The van der Waals surface area contributed by atoms with Gasteiger partial charge in [0.2, 0.25) is 0 Å². The number of para-hydroxylation sites is 1. The second kappa shape index (κ2) is 12.6. The summed E-state index contributed by atoms with van der Waals surface area (Å²) in [7, 11) is 21.6. The first-order chi connectivity index (χ1) is 19.5. The van der Waals surface area contributed by atoms with Gasteiger partial charge in [-0.25, -0.2) is 9.78 Å². The highest BCUT2D eigenvalue weighted by molar-refractivity contribution is 6.60. The molecule has 3 amide bonds. The summed E-state index contributed by atoms with van der Waals surface area (Å²) in [5.41, 5.74) is 2.13. The minimum Gasteiger partial charge on any atom is -0.494 e. The van der Waals surface area contributed by atoms with Crippen LogP contribution in [0.1, 0.15) is 16.1 Å². The van der Waals surface area contributed by atoms with E-state index in [4.69, 9.17) is 28.3 Å². The van der Waals surface area contributed by atoms with Crippen LogP contribution in [0.5, 0.6) is 5.75 Å². The maximum absolute atomic E-state index is 12.9. The molecule has 6 radical (unpaired) electrons. The summed E-state index contributed by atoms with van der Waals surface area (Å²) in [5.74, 6) is 0.122. The summed E-state index contributed by atoms with van der Waals surface area (Å²) in [6.07, 6.45) is 2.23. The number of aryl methyl sites for hydroxylation is 1. The molecule has 0 fully saturated rings. The Bertz CT molecular complexity index is 1530. The molecule has 0 saturated carbocycles. The van der Waals surface area contributed by atoms with E-state index in [1.807, 2.05) is 30.3 Å². The largest absolute Gasteiger partial charge is 0.494 e. The number of benzene rings is 2. The lowest BCUT2D eigenvalue weighted by Crippen LogP contribution is -2.50. The molecule has 2 aromatic heterocycles. The topological polar surface area (TPSA) is 139 Å². The standard InChI is InChI=1S/C26H26B3N9O3/c1-37(13-12-16-8-5-4-6-9-16)25(40)32-20-14-19(21(35-34-20)24(39)33-26(27,28)29)31-18-11-7-10-17(22(18)41-3)23-30-15-38(2)36-23/h4-11,14-15H,12-13H2,1-3H3,(H,33,39)(H2,31,32,34,40). The molecule has 4 aromatic rings. The fourth-order valence-corrected chi connectivity index (χ4v) is 3.86. The number of amides is 3. The van der Waals surface area contributed by atoms with Crippen molar-refractivity contribution in [3.8, 4) is 17.1 Å². The lowest BCUT2D eigenvalue weighted by molar-refractivity contribution is 0.0947. The average molecular weight is 545 g/mol. The maximum Gasteiger partial charge on any atom is 0.322 e. The van der Waals surface area contributed by atoms with E-state index in [2.05, 4.69) is 36.2 Å². The van der Waals surface area contributed by atoms with Crippen LogP contribution >= 0.6 is 0 Å². The minimum atomic E-state index is -2.01. The lowest BCUT2D eigenvalue weighted by Gasteiger charge is -2.23. The minimum absolute atomic E-state index is 0.0848. The van der Waals surface area contributed by atoms with Crippen LogP contribution in [0.2, 0.25) is 0 Å². The van der Waals surface area contributed by atoms with Crippen molar-refractivity contribution in [2.24, 2.45) is 7.05 Å². The van der Waals surface area contributed by atoms with Gasteiger partial charge in [0, 0.05) is 26.7 Å². The third-order valence-electron chi connectivity index (χ3n) is 5.83. The van der Waals surface area contributed by atoms with E-state index in [1.54, 1.807) is 43.3 Å². The van der Waals surface area contributed by atoms with Gasteiger partial charge in [-0.15, -0.1) is 10.2 Å². The van der Waals surface area contributed by atoms with Crippen molar-refractivity contribution < 1.29 is 14.3 Å². The quantitative estimate of drug-likeness (QED) is 0.256. The first-order valence-electron chi connectivity index (χ1n) is 12.5. The number of rotatable bonds is 10. The van der Waals surface area contributed by atoms with Crippen LogP contribution in [0.4, 0.5) is 22.0 Å². The number of methoxy groups -OCH3 is 1. The summed E-state index contributed by atoms with van der Waals surface area (Å²) < 4.78 is 7.22. The normalized spacial score (nSPS) is 11.0. The summed E-state index contributed by atoms with van der Waals surface area (Å²) in [6, 6.07) is 16.1. The van der Waals surface area contributed by atoms with Crippen LogP contribution < -0.4 is 20.7 Å². The van der Waals surface area contributed by atoms with E-state index in [9.17, 15) is 9.59 Å². The van der Waals surface area contributed by atoms with Crippen molar-refractivity contribution >= 4 is 52.7 Å². The molecular formula is C26H26B3N9O3. The number of hydrogen-bond donors (Lipinski definition) is 3. The smallest absolute Gasteiger partial charge is 0.322 e. The number of urea groups is 1. The molecular weight excluding hydrogens is 519 g/mol. The number of nitrogens with one attached hydrogen (secondary N) is 3. The highest BCUT2D eigenvalue weighted by atomic mass is 16.5. The van der Waals surface area contributed by atoms with Crippen molar-refractivity contribution in [2.45, 2.75) is 11.7 Å². The Labute approximate surface area is 241 Å². The van der Waals surface area contributed by atoms with E-state index < -0.39 is 17.2 Å². The summed E-state index contributed by atoms with van der Waals surface area (Å²) in [4.78, 5) is 31.6. The second-order valence-electron chi connectivity index (χ2n) is 9.22. The van der Waals surface area contributed by atoms with Crippen molar-refractivity contribution in [1.29, 1.82) is 0 Å². The molecule has 0 aliphatic rings. The Morgan fingerprint density at radius 1 is 1.05 bits per heavy atom. The Morgan fingerprint density at radius 3 is 2.46 bits per heavy atom. The second-order valence-corrected chi connectivity index (χ2v) is 9.22. The predicted octanol–water partition coefficient (Wildman–Crippen LogP) is 1.58. The molecule has 0 bridgehead atoms. The molecule has 2 aromatic carbocycles. The van der Waals surface area contributed by atoms with E-state index >= 15 is 0 Å². The van der Waals surface area contributed by atoms with Crippen LogP contribution in [-0.4, -0.2) is 91.3 Å². The number of ether oxygens (including phenoxy) is 1. The van der Waals surface area contributed by atoms with E-state index in [1.165, 1.54) is 18.1 Å². The van der Waals surface area contributed by atoms with Gasteiger partial charge in [0.25, 0.3) is 5.91 Å². The zero-order valence-electron chi connectivity index (χ0n) is 22.8. The molecule has 202 valence electrons. The van der Waals surface area contributed by atoms with Crippen LogP contribution in [0.3, 0.4) is 0 Å². The molecule has 0 unspecified atom stereocenters. The van der Waals surface area contributed by atoms with Gasteiger partial charge in [0.1, 0.15) is 6.33 Å². The van der Waals surface area contributed by atoms with E-state index in [0.717, 1.165) is 5.56 Å². The number of nitrogens with zero attached hydrogens (tertiary/aromatic N) is 6. The fourth-order valence-electron chi connectivity index (χ4n) is 3.86. The third-order valence-corrected chi connectivity index (χ3v) is 5.83. The monoisotopic (exact) mass is 545 g/mol. The van der Waals surface area contributed by atoms with Gasteiger partial charge >= 0.3 is 6.03 Å². The number of carbonyl (C=O) groups excluding carboxylic acids is 2. The van der Waals surface area contributed by atoms with Crippen LogP contribution in [-0.2, 0) is 13.5 Å². The molecule has 2 heterocycles. The molecule has 0 saturated heterocycles. The predicted molar refractivity (Wildman–Crippen MR) is 158 cm³/mol. The zero-order chi connectivity index (χ0) is 29.6. The van der Waals surface area contributed by atoms with Gasteiger partial charge in [-0.1, -0.05) is 41.6 Å². The molecule has 4 rings (SSSR count). The van der Waals surface area contributed by atoms with Crippen molar-refractivity contribution in [3.63, 3.8) is 0 Å². The Morgan fingerprint density at radius 2 is 1.80 bits per heavy atom. The zero-order valence-corrected chi connectivity index (χ0v) is 22.8. The van der Waals surface area contributed by atoms with Gasteiger partial charge in [-0.2, -0.15) is 5.10 Å².